The van der Waals surface area contributed by atoms with Crippen molar-refractivity contribution in [2.45, 2.75) is 18.9 Å². The molecule has 118 valence electrons. The van der Waals surface area contributed by atoms with Crippen LogP contribution in [-0.4, -0.2) is 42.3 Å². The average molecular weight is 322 g/mol. The Morgan fingerprint density at radius 2 is 2.14 bits per heavy atom. The average Bonchev–Trinajstić information content (AvgIpc) is 2.72. The van der Waals surface area contributed by atoms with E-state index in [4.69, 9.17) is 5.14 Å². The van der Waals surface area contributed by atoms with Gasteiger partial charge in [-0.2, -0.15) is 18.2 Å². The number of pyridine rings is 1. The Kier molecular flexibility index (Phi) is 2.78. The first-order chi connectivity index (χ1) is 10.4. The molecule has 1 saturated carbocycles. The summed E-state index contributed by atoms with van der Waals surface area (Å²) in [5.74, 6) is 0. The van der Waals surface area contributed by atoms with Crippen LogP contribution in [0.2, 0.25) is 0 Å². The zero-order valence-electron chi connectivity index (χ0n) is 12.2. The summed E-state index contributed by atoms with van der Waals surface area (Å²) in [5.41, 5.74) is 3.29. The zero-order chi connectivity index (χ0) is 15.5. The van der Waals surface area contributed by atoms with Crippen LogP contribution in [0.25, 0.3) is 11.0 Å². The molecule has 2 aromatic heterocycles. The highest BCUT2D eigenvalue weighted by Gasteiger charge is 2.53. The van der Waals surface area contributed by atoms with E-state index in [1.807, 2.05) is 17.8 Å². The molecule has 1 aliphatic carbocycles. The largest absolute Gasteiger partial charge is 0.368 e. The van der Waals surface area contributed by atoms with Gasteiger partial charge in [-0.15, -0.1) is 0 Å². The summed E-state index contributed by atoms with van der Waals surface area (Å²) in [6, 6.07) is 1.99. The fourth-order valence-electron chi connectivity index (χ4n) is 3.83. The first-order valence-corrected chi connectivity index (χ1v) is 8.72. The van der Waals surface area contributed by atoms with E-state index in [0.717, 1.165) is 42.7 Å². The van der Waals surface area contributed by atoms with Crippen molar-refractivity contribution in [3.8, 4) is 0 Å². The summed E-state index contributed by atoms with van der Waals surface area (Å²) >= 11 is 0. The molecule has 0 radical (unpaired) electrons. The summed E-state index contributed by atoms with van der Waals surface area (Å²) in [5, 5.41) is 9.27. The van der Waals surface area contributed by atoms with Crippen molar-refractivity contribution >= 4 is 26.9 Å². The Morgan fingerprint density at radius 1 is 1.41 bits per heavy atom. The van der Waals surface area contributed by atoms with Gasteiger partial charge in [0.25, 0.3) is 10.2 Å². The third-order valence-electron chi connectivity index (χ3n) is 4.69. The number of aromatic nitrogens is 3. The van der Waals surface area contributed by atoms with Crippen molar-refractivity contribution in [1.82, 2.24) is 19.5 Å². The van der Waals surface area contributed by atoms with Crippen LogP contribution in [0.15, 0.2) is 18.5 Å². The maximum Gasteiger partial charge on any atom is 0.274 e. The molecule has 0 amide bonds. The molecule has 2 aliphatic rings. The molecule has 3 N–H and O–H groups in total. The van der Waals surface area contributed by atoms with Gasteiger partial charge in [-0.3, -0.25) is 9.67 Å². The van der Waals surface area contributed by atoms with Crippen LogP contribution in [0.4, 0.5) is 5.69 Å². The summed E-state index contributed by atoms with van der Waals surface area (Å²) < 4.78 is 26.4. The summed E-state index contributed by atoms with van der Waals surface area (Å²) in [4.78, 5) is 6.63. The SMILES string of the molecule is Cn1ncc2nccc(N3CC4(CC(NS(N)(=O)=O)C4)C3)c21. The molecule has 4 rings (SSSR count). The van der Waals surface area contributed by atoms with Crippen LogP contribution in [0.3, 0.4) is 0 Å². The molecule has 1 saturated heterocycles. The number of nitrogens with one attached hydrogen (secondary N) is 1. The molecule has 0 unspecified atom stereocenters. The number of anilines is 1. The predicted molar refractivity (Wildman–Crippen MR) is 82.4 cm³/mol. The number of nitrogens with zero attached hydrogens (tertiary/aromatic N) is 4. The van der Waals surface area contributed by atoms with Crippen molar-refractivity contribution in [2.75, 3.05) is 18.0 Å². The fourth-order valence-corrected chi connectivity index (χ4v) is 4.46. The van der Waals surface area contributed by atoms with E-state index in [2.05, 4.69) is 19.7 Å². The lowest BCUT2D eigenvalue weighted by Crippen LogP contribution is -2.67. The highest BCUT2D eigenvalue weighted by Crippen LogP contribution is 2.50. The number of aryl methyl sites for hydroxylation is 1. The fraction of sp³-hybridized carbons (Fsp3) is 0.538. The van der Waals surface area contributed by atoms with E-state index < -0.39 is 10.2 Å². The lowest BCUT2D eigenvalue weighted by Gasteiger charge is -2.59. The van der Waals surface area contributed by atoms with Gasteiger partial charge in [0.15, 0.2) is 0 Å². The van der Waals surface area contributed by atoms with E-state index in [1.165, 1.54) is 0 Å². The molecule has 2 fully saturated rings. The molecule has 9 heteroatoms. The molecule has 0 atom stereocenters. The quantitative estimate of drug-likeness (QED) is 0.809. The van der Waals surface area contributed by atoms with Gasteiger partial charge in [-0.25, -0.2) is 5.14 Å². The van der Waals surface area contributed by atoms with Crippen molar-refractivity contribution in [3.05, 3.63) is 18.5 Å². The maximum atomic E-state index is 11.0. The van der Waals surface area contributed by atoms with Crippen LogP contribution in [0.5, 0.6) is 0 Å². The van der Waals surface area contributed by atoms with Crippen LogP contribution in [-0.2, 0) is 17.3 Å². The summed E-state index contributed by atoms with van der Waals surface area (Å²) in [7, 11) is -1.68. The third kappa shape index (κ3) is 2.16. The van der Waals surface area contributed by atoms with E-state index in [0.29, 0.717) is 0 Å². The van der Waals surface area contributed by atoms with Gasteiger partial charge in [-0.05, 0) is 18.9 Å². The molecule has 2 aromatic rings. The molecular formula is C13H18N6O2S. The first kappa shape index (κ1) is 13.9. The van der Waals surface area contributed by atoms with E-state index in [1.54, 1.807) is 12.4 Å². The lowest BCUT2D eigenvalue weighted by molar-refractivity contribution is 0.0592. The van der Waals surface area contributed by atoms with Crippen LogP contribution in [0, 0.1) is 5.41 Å². The summed E-state index contributed by atoms with van der Waals surface area (Å²) in [6.07, 6.45) is 5.26. The zero-order valence-corrected chi connectivity index (χ0v) is 13.0. The maximum absolute atomic E-state index is 11.0. The number of hydrogen-bond acceptors (Lipinski definition) is 5. The topological polar surface area (TPSA) is 106 Å². The van der Waals surface area contributed by atoms with Gasteiger partial charge in [0.2, 0.25) is 0 Å². The molecule has 0 bridgehead atoms. The van der Waals surface area contributed by atoms with Crippen molar-refractivity contribution in [1.29, 1.82) is 0 Å². The Bertz CT molecular complexity index is 831. The Balaban J connectivity index is 1.47. The van der Waals surface area contributed by atoms with E-state index in [9.17, 15) is 8.42 Å². The van der Waals surface area contributed by atoms with Gasteiger partial charge >= 0.3 is 0 Å². The first-order valence-electron chi connectivity index (χ1n) is 7.17. The Hall–Kier alpha value is -1.71. The Morgan fingerprint density at radius 3 is 2.82 bits per heavy atom. The minimum absolute atomic E-state index is 0.0219. The predicted octanol–water partition coefficient (Wildman–Crippen LogP) is -0.270. The van der Waals surface area contributed by atoms with Crippen molar-refractivity contribution < 1.29 is 8.42 Å². The van der Waals surface area contributed by atoms with Crippen molar-refractivity contribution in [3.63, 3.8) is 0 Å². The highest BCUT2D eigenvalue weighted by atomic mass is 32.2. The molecule has 8 nitrogen and oxygen atoms in total. The standard InChI is InChI=1S/C13H18N6O2S/c1-18-12-10(6-16-18)15-3-2-11(12)19-7-13(8-19)4-9(5-13)17-22(14,20)21/h2-3,6,9,17H,4-5,7-8H2,1H3,(H2,14,20,21). The van der Waals surface area contributed by atoms with E-state index in [-0.39, 0.29) is 11.5 Å². The monoisotopic (exact) mass is 322 g/mol. The Labute approximate surface area is 128 Å². The molecular weight excluding hydrogens is 304 g/mol. The third-order valence-corrected chi connectivity index (χ3v) is 5.35. The van der Waals surface area contributed by atoms with Crippen molar-refractivity contribution in [2.24, 2.45) is 17.6 Å². The van der Waals surface area contributed by atoms with Crippen LogP contribution < -0.4 is 14.8 Å². The van der Waals surface area contributed by atoms with Gasteiger partial charge in [-0.1, -0.05) is 0 Å². The van der Waals surface area contributed by atoms with Crippen LogP contribution in [0.1, 0.15) is 12.8 Å². The highest BCUT2D eigenvalue weighted by molar-refractivity contribution is 7.87. The second-order valence-corrected chi connectivity index (χ2v) is 7.78. The van der Waals surface area contributed by atoms with Crippen LogP contribution >= 0.6 is 0 Å². The number of nitrogens with two attached hydrogens (primary N) is 1. The van der Waals surface area contributed by atoms with Gasteiger partial charge in [0, 0.05) is 37.8 Å². The second kappa shape index (κ2) is 4.40. The molecule has 1 spiro atoms. The normalized spacial score (nSPS) is 21.1. The number of fused-ring (bicyclic) bond motifs is 1. The number of rotatable bonds is 3. The minimum Gasteiger partial charge on any atom is -0.368 e. The molecule has 1 aliphatic heterocycles. The second-order valence-electron chi connectivity index (χ2n) is 6.46. The molecule has 0 aromatic carbocycles. The number of hydrogen-bond donors (Lipinski definition) is 2. The van der Waals surface area contributed by atoms with Gasteiger partial charge in [0.1, 0.15) is 11.0 Å². The lowest BCUT2D eigenvalue weighted by atomic mass is 9.61. The summed E-state index contributed by atoms with van der Waals surface area (Å²) in [6.45, 7) is 1.86. The molecule has 22 heavy (non-hydrogen) atoms. The smallest absolute Gasteiger partial charge is 0.274 e. The van der Waals surface area contributed by atoms with Gasteiger partial charge < -0.3 is 4.90 Å². The van der Waals surface area contributed by atoms with Gasteiger partial charge in [0.05, 0.1) is 11.9 Å². The van der Waals surface area contributed by atoms with E-state index >= 15 is 0 Å². The molecule has 3 heterocycles. The minimum atomic E-state index is -3.59.